The number of hydrogen-bond donors (Lipinski definition) is 2. The largest absolute Gasteiger partial charge is 0.414 e. The highest BCUT2D eigenvalue weighted by Gasteiger charge is 2.03. The summed E-state index contributed by atoms with van der Waals surface area (Å²) < 4.78 is 4.78. The lowest BCUT2D eigenvalue weighted by atomic mass is 10.4. The number of carbonyl (C=O) groups is 1. The summed E-state index contributed by atoms with van der Waals surface area (Å²) in [5.41, 5.74) is 0.713. The number of aromatic nitrogens is 2. The predicted octanol–water partition coefficient (Wildman–Crippen LogP) is -0.134. The highest BCUT2D eigenvalue weighted by Crippen LogP contribution is 2.05. The van der Waals surface area contributed by atoms with Gasteiger partial charge < -0.3 is 15.2 Å². The zero-order valence-corrected chi connectivity index (χ0v) is 7.73. The van der Waals surface area contributed by atoms with E-state index in [1.807, 2.05) is 0 Å². The van der Waals surface area contributed by atoms with Gasteiger partial charge in [-0.1, -0.05) is 0 Å². The molecule has 0 radical (unpaired) electrons. The fourth-order valence-electron chi connectivity index (χ4n) is 0.775. The van der Waals surface area contributed by atoms with Crippen molar-refractivity contribution in [3.05, 3.63) is 18.1 Å². The molecule has 0 aliphatic rings. The minimum Gasteiger partial charge on any atom is -0.395 e. The molecule has 1 aromatic rings. The molecule has 0 aromatic carbocycles. The van der Waals surface area contributed by atoms with Crippen LogP contribution in [0.2, 0.25) is 0 Å². The second-order valence-corrected chi connectivity index (χ2v) is 2.54. The second kappa shape index (κ2) is 5.13. The van der Waals surface area contributed by atoms with Crippen LogP contribution in [-0.4, -0.2) is 34.3 Å². The molecule has 1 heterocycles. The molecule has 0 atom stereocenters. The second-order valence-electron chi connectivity index (χ2n) is 2.54. The molecule has 0 unspecified atom stereocenters. The Morgan fingerprint density at radius 1 is 1.64 bits per heavy atom. The Labute approximate surface area is 80.9 Å². The number of aliphatic hydroxyl groups excluding tert-OH is 1. The standard InChI is InChI=1S/C8H11N3O3/c1-6-4-7(11-5-10-6)14-8(13)9-2-3-12/h4-5,12H,2-3H2,1H3,(H,9,13). The summed E-state index contributed by atoms with van der Waals surface area (Å²) in [6.07, 6.45) is 0.668. The molecular weight excluding hydrogens is 186 g/mol. The van der Waals surface area contributed by atoms with E-state index in [1.165, 1.54) is 6.33 Å². The number of nitrogens with zero attached hydrogens (tertiary/aromatic N) is 2. The molecule has 6 nitrogen and oxygen atoms in total. The van der Waals surface area contributed by atoms with Gasteiger partial charge in [0.25, 0.3) is 0 Å². The van der Waals surface area contributed by atoms with E-state index in [2.05, 4.69) is 15.3 Å². The van der Waals surface area contributed by atoms with Crippen LogP contribution in [0.1, 0.15) is 5.69 Å². The van der Waals surface area contributed by atoms with Crippen LogP contribution in [0.5, 0.6) is 5.88 Å². The maximum atomic E-state index is 11.0. The minimum atomic E-state index is -0.642. The van der Waals surface area contributed by atoms with Crippen LogP contribution >= 0.6 is 0 Å². The third kappa shape index (κ3) is 3.36. The molecule has 0 aliphatic heterocycles. The lowest BCUT2D eigenvalue weighted by Crippen LogP contribution is -2.29. The summed E-state index contributed by atoms with van der Waals surface area (Å²) in [4.78, 5) is 18.6. The zero-order valence-electron chi connectivity index (χ0n) is 7.73. The maximum Gasteiger partial charge on any atom is 0.414 e. The molecule has 0 saturated carbocycles. The number of aliphatic hydroxyl groups is 1. The number of nitrogens with one attached hydrogen (secondary N) is 1. The third-order valence-corrected chi connectivity index (χ3v) is 1.36. The van der Waals surface area contributed by atoms with Gasteiger partial charge in [0, 0.05) is 18.3 Å². The predicted molar refractivity (Wildman–Crippen MR) is 47.9 cm³/mol. The Morgan fingerprint density at radius 2 is 2.43 bits per heavy atom. The zero-order chi connectivity index (χ0) is 10.4. The van der Waals surface area contributed by atoms with Gasteiger partial charge in [-0.15, -0.1) is 0 Å². The van der Waals surface area contributed by atoms with Crippen LogP contribution in [0.15, 0.2) is 12.4 Å². The van der Waals surface area contributed by atoms with Crippen LogP contribution in [0.25, 0.3) is 0 Å². The van der Waals surface area contributed by atoms with E-state index in [4.69, 9.17) is 9.84 Å². The monoisotopic (exact) mass is 197 g/mol. The fourth-order valence-corrected chi connectivity index (χ4v) is 0.775. The van der Waals surface area contributed by atoms with E-state index in [-0.39, 0.29) is 19.0 Å². The first-order valence-corrected chi connectivity index (χ1v) is 4.07. The number of hydrogen-bond acceptors (Lipinski definition) is 5. The van der Waals surface area contributed by atoms with Gasteiger partial charge in [-0.25, -0.2) is 14.8 Å². The van der Waals surface area contributed by atoms with Crippen LogP contribution in [0, 0.1) is 6.92 Å². The topological polar surface area (TPSA) is 84.3 Å². The Hall–Kier alpha value is -1.69. The van der Waals surface area contributed by atoms with Crippen molar-refractivity contribution in [1.82, 2.24) is 15.3 Å². The summed E-state index contributed by atoms with van der Waals surface area (Å²) in [7, 11) is 0. The molecule has 0 fully saturated rings. The highest BCUT2D eigenvalue weighted by molar-refractivity contribution is 5.69. The van der Waals surface area contributed by atoms with Crippen molar-refractivity contribution in [2.75, 3.05) is 13.2 Å². The maximum absolute atomic E-state index is 11.0. The molecule has 0 spiro atoms. The molecule has 1 rings (SSSR count). The Morgan fingerprint density at radius 3 is 3.07 bits per heavy atom. The summed E-state index contributed by atoms with van der Waals surface area (Å²) in [5, 5.41) is 10.8. The Bertz CT molecular complexity index is 316. The Balaban J connectivity index is 2.47. The number of carbonyl (C=O) groups excluding carboxylic acids is 1. The average molecular weight is 197 g/mol. The van der Waals surface area contributed by atoms with Gasteiger partial charge in [0.2, 0.25) is 5.88 Å². The van der Waals surface area contributed by atoms with Crippen LogP contribution in [0.4, 0.5) is 4.79 Å². The molecule has 1 aromatic heterocycles. The smallest absolute Gasteiger partial charge is 0.395 e. The average Bonchev–Trinajstić information content (AvgIpc) is 2.15. The summed E-state index contributed by atoms with van der Waals surface area (Å²) in [6, 6.07) is 1.54. The van der Waals surface area contributed by atoms with E-state index >= 15 is 0 Å². The molecule has 0 bridgehead atoms. The number of aryl methyl sites for hydroxylation is 1. The van der Waals surface area contributed by atoms with E-state index in [9.17, 15) is 4.79 Å². The van der Waals surface area contributed by atoms with Crippen molar-refractivity contribution in [2.45, 2.75) is 6.92 Å². The minimum absolute atomic E-state index is 0.127. The molecule has 0 saturated heterocycles. The van der Waals surface area contributed by atoms with Gasteiger partial charge in [-0.05, 0) is 6.92 Å². The SMILES string of the molecule is Cc1cc(OC(=O)NCCO)ncn1. The van der Waals surface area contributed by atoms with Gasteiger partial charge in [0.05, 0.1) is 6.61 Å². The van der Waals surface area contributed by atoms with E-state index in [0.29, 0.717) is 5.69 Å². The van der Waals surface area contributed by atoms with E-state index in [1.54, 1.807) is 13.0 Å². The molecule has 2 N–H and O–H groups in total. The summed E-state index contributed by atoms with van der Waals surface area (Å²) in [5.74, 6) is 0.188. The van der Waals surface area contributed by atoms with Crippen LogP contribution in [-0.2, 0) is 0 Å². The first kappa shape index (κ1) is 10.4. The summed E-state index contributed by atoms with van der Waals surface area (Å²) >= 11 is 0. The van der Waals surface area contributed by atoms with E-state index < -0.39 is 6.09 Å². The van der Waals surface area contributed by atoms with Crippen LogP contribution in [0.3, 0.4) is 0 Å². The molecule has 76 valence electrons. The lowest BCUT2D eigenvalue weighted by molar-refractivity contribution is 0.193. The molecular formula is C8H11N3O3. The quantitative estimate of drug-likeness (QED) is 0.704. The van der Waals surface area contributed by atoms with Crippen molar-refractivity contribution in [3.8, 4) is 5.88 Å². The van der Waals surface area contributed by atoms with Crippen molar-refractivity contribution in [3.63, 3.8) is 0 Å². The molecule has 14 heavy (non-hydrogen) atoms. The third-order valence-electron chi connectivity index (χ3n) is 1.36. The number of ether oxygens (including phenoxy) is 1. The first-order valence-electron chi connectivity index (χ1n) is 4.07. The highest BCUT2D eigenvalue weighted by atomic mass is 16.6. The Kier molecular flexibility index (Phi) is 3.81. The summed E-state index contributed by atoms with van der Waals surface area (Å²) in [6.45, 7) is 1.79. The van der Waals surface area contributed by atoms with Gasteiger partial charge in [0.15, 0.2) is 0 Å². The lowest BCUT2D eigenvalue weighted by Gasteiger charge is -2.03. The van der Waals surface area contributed by atoms with Gasteiger partial charge in [0.1, 0.15) is 6.33 Å². The molecule has 0 aliphatic carbocycles. The van der Waals surface area contributed by atoms with Crippen molar-refractivity contribution in [1.29, 1.82) is 0 Å². The number of rotatable bonds is 3. The fraction of sp³-hybridized carbons (Fsp3) is 0.375. The molecule has 6 heteroatoms. The van der Waals surface area contributed by atoms with Crippen molar-refractivity contribution >= 4 is 6.09 Å². The van der Waals surface area contributed by atoms with Crippen molar-refractivity contribution in [2.24, 2.45) is 0 Å². The van der Waals surface area contributed by atoms with Gasteiger partial charge in [-0.3, -0.25) is 0 Å². The van der Waals surface area contributed by atoms with Crippen molar-refractivity contribution < 1.29 is 14.6 Å². The first-order chi connectivity index (χ1) is 6.72. The van der Waals surface area contributed by atoms with Gasteiger partial charge >= 0.3 is 6.09 Å². The van der Waals surface area contributed by atoms with Gasteiger partial charge in [-0.2, -0.15) is 0 Å². The molecule has 1 amide bonds. The normalized spacial score (nSPS) is 9.57. The van der Waals surface area contributed by atoms with E-state index in [0.717, 1.165) is 0 Å². The number of amides is 1. The van der Waals surface area contributed by atoms with Crippen LogP contribution < -0.4 is 10.1 Å².